The van der Waals surface area contributed by atoms with Crippen molar-refractivity contribution in [3.8, 4) is 0 Å². The largest absolute Gasteiger partial charge is 0.478 e. The molecular formula is C15H12N4O2. The Morgan fingerprint density at radius 1 is 1.29 bits per heavy atom. The predicted molar refractivity (Wildman–Crippen MR) is 80.7 cm³/mol. The van der Waals surface area contributed by atoms with Gasteiger partial charge in [-0.3, -0.25) is 5.43 Å². The molecule has 0 bridgehead atoms. The lowest BCUT2D eigenvalue weighted by molar-refractivity contribution is 0.0699. The lowest BCUT2D eigenvalue weighted by Gasteiger charge is -1.98. The number of benzene rings is 1. The summed E-state index contributed by atoms with van der Waals surface area (Å²) in [4.78, 5) is 18.2. The first-order valence-electron chi connectivity index (χ1n) is 6.29. The summed E-state index contributed by atoms with van der Waals surface area (Å²) in [7, 11) is 0. The Kier molecular flexibility index (Phi) is 3.34. The zero-order valence-corrected chi connectivity index (χ0v) is 10.9. The third-order valence-electron chi connectivity index (χ3n) is 3.03. The third-order valence-corrected chi connectivity index (χ3v) is 3.03. The van der Waals surface area contributed by atoms with Gasteiger partial charge in [0, 0.05) is 23.3 Å². The molecule has 0 fully saturated rings. The molecule has 3 rings (SSSR count). The molecule has 0 amide bonds. The highest BCUT2D eigenvalue weighted by Crippen LogP contribution is 2.20. The molecule has 6 heteroatoms. The number of carboxylic acids is 1. The minimum Gasteiger partial charge on any atom is -0.478 e. The summed E-state index contributed by atoms with van der Waals surface area (Å²) in [6, 6.07) is 10.6. The van der Waals surface area contributed by atoms with Gasteiger partial charge in [-0.05, 0) is 18.2 Å². The fraction of sp³-hybridized carbons (Fsp3) is 0. The zero-order chi connectivity index (χ0) is 14.7. The molecule has 0 spiro atoms. The molecule has 2 aromatic heterocycles. The van der Waals surface area contributed by atoms with Crippen LogP contribution in [0.3, 0.4) is 0 Å². The molecule has 0 aliphatic carbocycles. The molecule has 6 nitrogen and oxygen atoms in total. The number of anilines is 1. The van der Waals surface area contributed by atoms with Crippen LogP contribution < -0.4 is 5.43 Å². The predicted octanol–water partition coefficient (Wildman–Crippen LogP) is 2.71. The average Bonchev–Trinajstić information content (AvgIpc) is 2.91. The normalized spacial score (nSPS) is 11.0. The van der Waals surface area contributed by atoms with Gasteiger partial charge in [0.1, 0.15) is 5.82 Å². The Labute approximate surface area is 120 Å². The number of para-hydroxylation sites is 1. The number of aromatic amines is 1. The van der Waals surface area contributed by atoms with Crippen LogP contribution in [0, 0.1) is 0 Å². The van der Waals surface area contributed by atoms with Gasteiger partial charge in [0.25, 0.3) is 0 Å². The monoisotopic (exact) mass is 280 g/mol. The van der Waals surface area contributed by atoms with Crippen LogP contribution in [0.15, 0.2) is 53.9 Å². The Bertz CT molecular complexity index is 809. The van der Waals surface area contributed by atoms with Crippen molar-refractivity contribution in [2.45, 2.75) is 0 Å². The molecule has 0 saturated heterocycles. The molecule has 1 aromatic carbocycles. The molecule has 0 radical (unpaired) electrons. The van der Waals surface area contributed by atoms with Crippen molar-refractivity contribution in [3.63, 3.8) is 0 Å². The summed E-state index contributed by atoms with van der Waals surface area (Å²) in [5, 5.41) is 14.1. The molecule has 104 valence electrons. The fourth-order valence-electron chi connectivity index (χ4n) is 2.06. The van der Waals surface area contributed by atoms with Crippen LogP contribution in [-0.2, 0) is 0 Å². The van der Waals surface area contributed by atoms with Crippen molar-refractivity contribution in [2.24, 2.45) is 5.10 Å². The Hall–Kier alpha value is -3.15. The van der Waals surface area contributed by atoms with E-state index in [0.717, 1.165) is 10.9 Å². The minimum atomic E-state index is -0.961. The highest BCUT2D eigenvalue weighted by Gasteiger charge is 2.10. The van der Waals surface area contributed by atoms with Crippen LogP contribution in [0.2, 0.25) is 0 Å². The first-order chi connectivity index (χ1) is 10.3. The molecular weight excluding hydrogens is 268 g/mol. The Balaban J connectivity index is 1.88. The van der Waals surface area contributed by atoms with Gasteiger partial charge < -0.3 is 10.1 Å². The number of rotatable bonds is 4. The van der Waals surface area contributed by atoms with Gasteiger partial charge in [0.05, 0.1) is 17.3 Å². The van der Waals surface area contributed by atoms with Gasteiger partial charge in [-0.15, -0.1) is 0 Å². The van der Waals surface area contributed by atoms with E-state index in [2.05, 4.69) is 20.5 Å². The number of pyridine rings is 1. The number of hydrogen-bond acceptors (Lipinski definition) is 4. The second-order valence-electron chi connectivity index (χ2n) is 4.36. The topological polar surface area (TPSA) is 90.4 Å². The number of nitrogens with one attached hydrogen (secondary N) is 2. The third kappa shape index (κ3) is 2.59. The number of carboxylic acid groups (broad SMARTS) is 1. The minimum absolute atomic E-state index is 0.241. The van der Waals surface area contributed by atoms with Crippen molar-refractivity contribution in [1.82, 2.24) is 9.97 Å². The van der Waals surface area contributed by atoms with Crippen molar-refractivity contribution in [2.75, 3.05) is 5.43 Å². The van der Waals surface area contributed by atoms with Gasteiger partial charge in [0.15, 0.2) is 0 Å². The van der Waals surface area contributed by atoms with E-state index in [1.165, 1.54) is 0 Å². The van der Waals surface area contributed by atoms with Crippen LogP contribution in [0.4, 0.5) is 5.82 Å². The number of hydrogen-bond donors (Lipinski definition) is 3. The lowest BCUT2D eigenvalue weighted by atomic mass is 10.1. The molecule has 3 N–H and O–H groups in total. The summed E-state index contributed by atoms with van der Waals surface area (Å²) < 4.78 is 0. The number of aromatic nitrogens is 2. The van der Waals surface area contributed by atoms with Crippen LogP contribution in [0.1, 0.15) is 15.9 Å². The lowest BCUT2D eigenvalue weighted by Crippen LogP contribution is -1.96. The highest BCUT2D eigenvalue weighted by molar-refractivity contribution is 6.07. The SMILES string of the molecule is O=C(O)c1cccc2c(/C=N/Nc3ccccn3)c[nH]c12. The Morgan fingerprint density at radius 3 is 2.95 bits per heavy atom. The van der Waals surface area contributed by atoms with Gasteiger partial charge in [0.2, 0.25) is 0 Å². The van der Waals surface area contributed by atoms with Crippen LogP contribution in [0.5, 0.6) is 0 Å². The van der Waals surface area contributed by atoms with E-state index < -0.39 is 5.97 Å². The summed E-state index contributed by atoms with van der Waals surface area (Å²) in [5.41, 5.74) is 4.44. The van der Waals surface area contributed by atoms with Crippen LogP contribution in [0.25, 0.3) is 10.9 Å². The number of hydrazone groups is 1. The molecule has 0 atom stereocenters. The van der Waals surface area contributed by atoms with Gasteiger partial charge in [-0.1, -0.05) is 18.2 Å². The second-order valence-corrected chi connectivity index (χ2v) is 4.36. The number of fused-ring (bicyclic) bond motifs is 1. The standard InChI is InChI=1S/C15H12N4O2/c20-15(21)12-5-3-4-11-10(8-17-14(11)12)9-18-19-13-6-1-2-7-16-13/h1-9,17H,(H,16,19)(H,20,21)/b18-9+. The second kappa shape index (κ2) is 5.46. The summed E-state index contributed by atoms with van der Waals surface area (Å²) in [6.07, 6.45) is 5.02. The van der Waals surface area contributed by atoms with Gasteiger partial charge >= 0.3 is 5.97 Å². The van der Waals surface area contributed by atoms with Gasteiger partial charge in [-0.2, -0.15) is 5.10 Å². The summed E-state index contributed by atoms with van der Waals surface area (Å²) >= 11 is 0. The van der Waals surface area contributed by atoms with Crippen LogP contribution >= 0.6 is 0 Å². The molecule has 2 heterocycles. The van der Waals surface area contributed by atoms with E-state index in [-0.39, 0.29) is 5.56 Å². The summed E-state index contributed by atoms with van der Waals surface area (Å²) in [5.74, 6) is -0.322. The Morgan fingerprint density at radius 2 is 2.19 bits per heavy atom. The number of nitrogens with zero attached hydrogens (tertiary/aromatic N) is 2. The van der Waals surface area contributed by atoms with E-state index >= 15 is 0 Å². The highest BCUT2D eigenvalue weighted by atomic mass is 16.4. The van der Waals surface area contributed by atoms with Gasteiger partial charge in [-0.25, -0.2) is 9.78 Å². The quantitative estimate of drug-likeness (QED) is 0.506. The van der Waals surface area contributed by atoms with E-state index in [1.54, 1.807) is 36.8 Å². The number of carbonyl (C=O) groups is 1. The maximum absolute atomic E-state index is 11.1. The maximum atomic E-state index is 11.1. The van der Waals surface area contributed by atoms with E-state index in [4.69, 9.17) is 5.11 Å². The number of aromatic carboxylic acids is 1. The maximum Gasteiger partial charge on any atom is 0.337 e. The molecule has 0 aliphatic heterocycles. The fourth-order valence-corrected chi connectivity index (χ4v) is 2.06. The van der Waals surface area contributed by atoms with Crippen molar-refractivity contribution < 1.29 is 9.90 Å². The molecule has 21 heavy (non-hydrogen) atoms. The first-order valence-corrected chi connectivity index (χ1v) is 6.29. The molecule has 0 saturated carbocycles. The molecule has 0 unspecified atom stereocenters. The molecule has 3 aromatic rings. The van der Waals surface area contributed by atoms with Crippen molar-refractivity contribution in [1.29, 1.82) is 0 Å². The van der Waals surface area contributed by atoms with Crippen molar-refractivity contribution >= 4 is 28.9 Å². The van der Waals surface area contributed by atoms with E-state index in [0.29, 0.717) is 11.3 Å². The van der Waals surface area contributed by atoms with Crippen LogP contribution in [-0.4, -0.2) is 27.3 Å². The first kappa shape index (κ1) is 12.9. The van der Waals surface area contributed by atoms with Crippen molar-refractivity contribution in [3.05, 3.63) is 59.9 Å². The molecule has 0 aliphatic rings. The van der Waals surface area contributed by atoms with E-state index in [1.807, 2.05) is 18.2 Å². The summed E-state index contributed by atoms with van der Waals surface area (Å²) in [6.45, 7) is 0. The smallest absolute Gasteiger partial charge is 0.337 e. The average molecular weight is 280 g/mol. The number of H-pyrrole nitrogens is 1. The van der Waals surface area contributed by atoms with E-state index in [9.17, 15) is 4.79 Å². The zero-order valence-electron chi connectivity index (χ0n) is 10.9.